The summed E-state index contributed by atoms with van der Waals surface area (Å²) in [4.78, 5) is 4.25. The molecule has 0 aromatic heterocycles. The third kappa shape index (κ3) is 3.53. The molecule has 0 bridgehead atoms. The van der Waals surface area contributed by atoms with Gasteiger partial charge in [-0.05, 0) is 13.0 Å². The Morgan fingerprint density at radius 1 is 1.31 bits per heavy atom. The van der Waals surface area contributed by atoms with Crippen molar-refractivity contribution in [3.05, 3.63) is 59.9 Å². The van der Waals surface area contributed by atoms with Gasteiger partial charge in [0.2, 0.25) is 0 Å². The van der Waals surface area contributed by atoms with Gasteiger partial charge in [-0.15, -0.1) is 0 Å². The molecule has 0 aliphatic heterocycles. The molecule has 82 valence electrons. The number of rotatable bonds is 4. The Morgan fingerprint density at radius 2 is 2.00 bits per heavy atom. The van der Waals surface area contributed by atoms with Crippen molar-refractivity contribution in [1.82, 2.24) is 0 Å². The molecule has 0 aliphatic carbocycles. The molecule has 0 unspecified atom stereocenters. The van der Waals surface area contributed by atoms with E-state index in [1.165, 1.54) is 6.20 Å². The molecule has 1 rings (SSSR count). The standard InChI is InChI=1S/C13H15N3/c1-2-6-13(16-10-12(15)9-14)11-7-4-3-5-8-11/h2-10,14H,15H2,1H3/b6-2-,12-10+,14-9?,16-13+. The molecular formula is C13H15N3. The van der Waals surface area contributed by atoms with Crippen LogP contribution in [0.5, 0.6) is 0 Å². The maximum atomic E-state index is 6.95. The lowest BCUT2D eigenvalue weighted by atomic mass is 10.1. The van der Waals surface area contributed by atoms with E-state index in [1.807, 2.05) is 49.4 Å². The van der Waals surface area contributed by atoms with Crippen molar-refractivity contribution in [2.75, 3.05) is 0 Å². The maximum absolute atomic E-state index is 6.95. The lowest BCUT2D eigenvalue weighted by Gasteiger charge is -1.99. The van der Waals surface area contributed by atoms with E-state index in [9.17, 15) is 0 Å². The Labute approximate surface area is 95.5 Å². The number of nitrogens with zero attached hydrogens (tertiary/aromatic N) is 1. The molecule has 0 aliphatic rings. The van der Waals surface area contributed by atoms with E-state index in [4.69, 9.17) is 11.1 Å². The van der Waals surface area contributed by atoms with Gasteiger partial charge in [-0.3, -0.25) is 4.99 Å². The molecule has 3 nitrogen and oxygen atoms in total. The number of allylic oxidation sites excluding steroid dienone is 3. The minimum absolute atomic E-state index is 0.331. The molecule has 0 saturated heterocycles. The first-order valence-electron chi connectivity index (χ1n) is 5.00. The predicted octanol–water partition coefficient (Wildman–Crippen LogP) is 2.50. The second kappa shape index (κ2) is 6.35. The highest BCUT2D eigenvalue weighted by molar-refractivity contribution is 6.09. The number of hydrogen-bond donors (Lipinski definition) is 2. The van der Waals surface area contributed by atoms with Gasteiger partial charge in [0, 0.05) is 11.8 Å². The smallest absolute Gasteiger partial charge is 0.0699 e. The highest BCUT2D eigenvalue weighted by Crippen LogP contribution is 2.03. The van der Waals surface area contributed by atoms with E-state index in [-0.39, 0.29) is 0 Å². The zero-order valence-electron chi connectivity index (χ0n) is 9.22. The van der Waals surface area contributed by atoms with Crippen LogP contribution in [-0.4, -0.2) is 11.9 Å². The first kappa shape index (κ1) is 11.9. The fourth-order valence-corrected chi connectivity index (χ4v) is 1.16. The summed E-state index contributed by atoms with van der Waals surface area (Å²) in [6.45, 7) is 1.93. The van der Waals surface area contributed by atoms with E-state index in [0.29, 0.717) is 5.70 Å². The third-order valence-electron chi connectivity index (χ3n) is 1.91. The molecule has 0 radical (unpaired) electrons. The monoisotopic (exact) mass is 213 g/mol. The summed E-state index contributed by atoms with van der Waals surface area (Å²) in [5.74, 6) is 0. The van der Waals surface area contributed by atoms with Gasteiger partial charge in [0.1, 0.15) is 0 Å². The van der Waals surface area contributed by atoms with Crippen LogP contribution in [0.4, 0.5) is 0 Å². The van der Waals surface area contributed by atoms with Gasteiger partial charge in [-0.2, -0.15) is 0 Å². The number of nitrogens with two attached hydrogens (primary N) is 1. The van der Waals surface area contributed by atoms with Crippen LogP contribution in [0.15, 0.2) is 59.4 Å². The summed E-state index contributed by atoms with van der Waals surface area (Å²) in [5.41, 5.74) is 7.66. The average molecular weight is 213 g/mol. The minimum atomic E-state index is 0.331. The van der Waals surface area contributed by atoms with Crippen LogP contribution < -0.4 is 5.73 Å². The number of hydrogen-bond acceptors (Lipinski definition) is 3. The molecule has 3 heteroatoms. The van der Waals surface area contributed by atoms with E-state index in [2.05, 4.69) is 4.99 Å². The van der Waals surface area contributed by atoms with Gasteiger partial charge in [0.05, 0.1) is 17.6 Å². The summed E-state index contributed by atoms with van der Waals surface area (Å²) in [6.07, 6.45) is 6.38. The van der Waals surface area contributed by atoms with Crippen LogP contribution in [0.2, 0.25) is 0 Å². The molecule has 0 heterocycles. The van der Waals surface area contributed by atoms with Gasteiger partial charge < -0.3 is 11.1 Å². The lowest BCUT2D eigenvalue weighted by molar-refractivity contribution is 1.38. The van der Waals surface area contributed by atoms with Gasteiger partial charge in [0.15, 0.2) is 0 Å². The Bertz CT molecular complexity index is 428. The first-order valence-corrected chi connectivity index (χ1v) is 5.00. The van der Waals surface area contributed by atoms with Crippen LogP contribution in [0.3, 0.4) is 0 Å². The zero-order chi connectivity index (χ0) is 11.8. The van der Waals surface area contributed by atoms with Gasteiger partial charge >= 0.3 is 0 Å². The Kier molecular flexibility index (Phi) is 4.73. The fourth-order valence-electron chi connectivity index (χ4n) is 1.16. The van der Waals surface area contributed by atoms with Gasteiger partial charge in [-0.1, -0.05) is 36.4 Å². The Balaban J connectivity index is 3.05. The number of aliphatic imine (C=N–C) groups is 1. The summed E-state index contributed by atoms with van der Waals surface area (Å²) in [7, 11) is 0. The Hall–Kier alpha value is -2.16. The summed E-state index contributed by atoms with van der Waals surface area (Å²) in [6, 6.07) is 9.83. The normalized spacial score (nSPS) is 13.1. The summed E-state index contributed by atoms with van der Waals surface area (Å²) < 4.78 is 0. The quantitative estimate of drug-likeness (QED) is 0.741. The van der Waals surface area contributed by atoms with Crippen LogP contribution in [0.1, 0.15) is 12.5 Å². The largest absolute Gasteiger partial charge is 0.396 e. The van der Waals surface area contributed by atoms with Gasteiger partial charge in [0.25, 0.3) is 0 Å². The molecule has 0 atom stereocenters. The molecule has 0 saturated carbocycles. The van der Waals surface area contributed by atoms with Crippen molar-refractivity contribution < 1.29 is 0 Å². The Morgan fingerprint density at radius 3 is 2.56 bits per heavy atom. The summed E-state index contributed by atoms with van der Waals surface area (Å²) in [5, 5.41) is 6.95. The van der Waals surface area contributed by atoms with Crippen LogP contribution in [0.25, 0.3) is 0 Å². The first-order chi connectivity index (χ1) is 7.77. The lowest BCUT2D eigenvalue weighted by Crippen LogP contribution is -1.99. The summed E-state index contributed by atoms with van der Waals surface area (Å²) >= 11 is 0. The highest BCUT2D eigenvalue weighted by atomic mass is 14.7. The molecule has 1 aromatic rings. The van der Waals surface area contributed by atoms with E-state index >= 15 is 0 Å². The molecule has 1 aromatic carbocycles. The van der Waals surface area contributed by atoms with E-state index in [0.717, 1.165) is 17.5 Å². The van der Waals surface area contributed by atoms with Gasteiger partial charge in [-0.25, -0.2) is 0 Å². The molecule has 0 amide bonds. The van der Waals surface area contributed by atoms with E-state index < -0.39 is 0 Å². The zero-order valence-corrected chi connectivity index (χ0v) is 9.22. The van der Waals surface area contributed by atoms with Crippen molar-refractivity contribution in [2.24, 2.45) is 10.7 Å². The minimum Gasteiger partial charge on any atom is -0.396 e. The highest BCUT2D eigenvalue weighted by Gasteiger charge is 1.96. The molecule has 3 N–H and O–H groups in total. The second-order valence-electron chi connectivity index (χ2n) is 3.15. The predicted molar refractivity (Wildman–Crippen MR) is 68.8 cm³/mol. The average Bonchev–Trinajstić information content (AvgIpc) is 2.35. The van der Waals surface area contributed by atoms with Crippen molar-refractivity contribution in [2.45, 2.75) is 6.92 Å². The SMILES string of the molecule is C\C=C/C(=N\C=C(\N)C=N)c1ccccc1. The molecular weight excluding hydrogens is 198 g/mol. The fraction of sp³-hybridized carbons (Fsp3) is 0.0769. The van der Waals surface area contributed by atoms with Crippen LogP contribution in [0, 0.1) is 5.41 Å². The number of benzene rings is 1. The topological polar surface area (TPSA) is 62.2 Å². The van der Waals surface area contributed by atoms with Crippen LogP contribution in [-0.2, 0) is 0 Å². The molecule has 0 fully saturated rings. The second-order valence-corrected chi connectivity index (χ2v) is 3.15. The van der Waals surface area contributed by atoms with Crippen molar-refractivity contribution in [3.63, 3.8) is 0 Å². The maximum Gasteiger partial charge on any atom is 0.0699 e. The van der Waals surface area contributed by atoms with Crippen molar-refractivity contribution in [3.8, 4) is 0 Å². The van der Waals surface area contributed by atoms with Crippen molar-refractivity contribution in [1.29, 1.82) is 5.41 Å². The van der Waals surface area contributed by atoms with Crippen LogP contribution >= 0.6 is 0 Å². The van der Waals surface area contributed by atoms with E-state index in [1.54, 1.807) is 0 Å². The molecule has 0 spiro atoms. The molecule has 16 heavy (non-hydrogen) atoms. The number of nitrogens with one attached hydrogen (secondary N) is 1. The third-order valence-corrected chi connectivity index (χ3v) is 1.91. The van der Waals surface area contributed by atoms with Crippen molar-refractivity contribution >= 4 is 11.9 Å².